The Morgan fingerprint density at radius 3 is 2.95 bits per heavy atom. The van der Waals surface area contributed by atoms with Crippen molar-refractivity contribution in [2.24, 2.45) is 0 Å². The molecule has 0 bridgehead atoms. The van der Waals surface area contributed by atoms with Crippen LogP contribution < -0.4 is 0 Å². The third kappa shape index (κ3) is 5.19. The standard InChI is InChI=1S/C16H24FNO2/c17-15-6-3-5-14(11-15)12-18(8-1-2-9-19)13-16-7-4-10-20-16/h3,5-6,11,16,19H,1-2,4,7-10,12-13H2. The van der Waals surface area contributed by atoms with Gasteiger partial charge >= 0.3 is 0 Å². The van der Waals surface area contributed by atoms with E-state index < -0.39 is 0 Å². The van der Waals surface area contributed by atoms with Gasteiger partial charge in [-0.3, -0.25) is 4.90 Å². The molecule has 0 spiro atoms. The maximum atomic E-state index is 13.3. The van der Waals surface area contributed by atoms with Crippen LogP contribution in [0.4, 0.5) is 4.39 Å². The second-order valence-electron chi connectivity index (χ2n) is 5.43. The van der Waals surface area contributed by atoms with Gasteiger partial charge in [0, 0.05) is 26.3 Å². The first-order chi connectivity index (χ1) is 9.78. The molecule has 1 aromatic rings. The molecule has 20 heavy (non-hydrogen) atoms. The minimum Gasteiger partial charge on any atom is -0.396 e. The van der Waals surface area contributed by atoms with Crippen LogP contribution in [0.1, 0.15) is 31.2 Å². The van der Waals surface area contributed by atoms with Crippen LogP contribution in [-0.2, 0) is 11.3 Å². The van der Waals surface area contributed by atoms with E-state index in [4.69, 9.17) is 9.84 Å². The van der Waals surface area contributed by atoms with Crippen molar-refractivity contribution in [3.63, 3.8) is 0 Å². The maximum Gasteiger partial charge on any atom is 0.123 e. The Hall–Kier alpha value is -0.970. The third-order valence-electron chi connectivity index (χ3n) is 3.66. The summed E-state index contributed by atoms with van der Waals surface area (Å²) in [5.41, 5.74) is 0.993. The van der Waals surface area contributed by atoms with Gasteiger partial charge in [0.05, 0.1) is 6.10 Å². The fraction of sp³-hybridized carbons (Fsp3) is 0.625. The normalized spacial score (nSPS) is 18.9. The molecule has 4 heteroatoms. The highest BCUT2D eigenvalue weighted by Crippen LogP contribution is 2.16. The van der Waals surface area contributed by atoms with Crippen molar-refractivity contribution < 1.29 is 14.2 Å². The summed E-state index contributed by atoms with van der Waals surface area (Å²) in [4.78, 5) is 2.31. The Morgan fingerprint density at radius 1 is 1.35 bits per heavy atom. The zero-order chi connectivity index (χ0) is 14.2. The predicted molar refractivity (Wildman–Crippen MR) is 77.0 cm³/mol. The second-order valence-corrected chi connectivity index (χ2v) is 5.43. The summed E-state index contributed by atoms with van der Waals surface area (Å²) in [6, 6.07) is 6.77. The average Bonchev–Trinajstić information content (AvgIpc) is 2.92. The van der Waals surface area contributed by atoms with E-state index in [1.807, 2.05) is 6.07 Å². The summed E-state index contributed by atoms with van der Waals surface area (Å²) in [5.74, 6) is -0.185. The number of benzene rings is 1. The topological polar surface area (TPSA) is 32.7 Å². The Balaban J connectivity index is 1.89. The molecule has 1 aliphatic rings. The zero-order valence-electron chi connectivity index (χ0n) is 11.9. The van der Waals surface area contributed by atoms with Crippen molar-refractivity contribution in [3.8, 4) is 0 Å². The van der Waals surface area contributed by atoms with Crippen molar-refractivity contribution in [3.05, 3.63) is 35.6 Å². The van der Waals surface area contributed by atoms with E-state index in [2.05, 4.69) is 4.90 Å². The molecule has 1 heterocycles. The van der Waals surface area contributed by atoms with Gasteiger partial charge < -0.3 is 9.84 Å². The van der Waals surface area contributed by atoms with Crippen molar-refractivity contribution in [1.82, 2.24) is 4.90 Å². The van der Waals surface area contributed by atoms with Crippen LogP contribution in [-0.4, -0.2) is 42.4 Å². The molecular weight excluding hydrogens is 257 g/mol. The number of aliphatic hydroxyl groups is 1. The van der Waals surface area contributed by atoms with Gasteiger partial charge in [0.2, 0.25) is 0 Å². The van der Waals surface area contributed by atoms with Gasteiger partial charge in [-0.25, -0.2) is 4.39 Å². The molecule has 1 saturated heterocycles. The quantitative estimate of drug-likeness (QED) is 0.743. The van der Waals surface area contributed by atoms with E-state index in [0.717, 1.165) is 57.5 Å². The van der Waals surface area contributed by atoms with Gasteiger partial charge in [-0.2, -0.15) is 0 Å². The number of aliphatic hydroxyl groups excluding tert-OH is 1. The largest absolute Gasteiger partial charge is 0.396 e. The Kier molecular flexibility index (Phi) is 6.43. The van der Waals surface area contributed by atoms with E-state index in [0.29, 0.717) is 6.10 Å². The Bertz CT molecular complexity index is 394. The van der Waals surface area contributed by atoms with Crippen LogP contribution in [0.15, 0.2) is 24.3 Å². The zero-order valence-corrected chi connectivity index (χ0v) is 11.9. The molecule has 112 valence electrons. The minimum absolute atomic E-state index is 0.185. The number of hydrogen-bond donors (Lipinski definition) is 1. The minimum atomic E-state index is -0.185. The number of unbranched alkanes of at least 4 members (excludes halogenated alkanes) is 1. The molecular formula is C16H24FNO2. The van der Waals surface area contributed by atoms with Gasteiger partial charge in [-0.05, 0) is 49.9 Å². The number of nitrogens with zero attached hydrogens (tertiary/aromatic N) is 1. The first-order valence-electron chi connectivity index (χ1n) is 7.47. The molecule has 1 N–H and O–H groups in total. The average molecular weight is 281 g/mol. The van der Waals surface area contributed by atoms with Crippen LogP contribution in [0.2, 0.25) is 0 Å². The predicted octanol–water partition coefficient (Wildman–Crippen LogP) is 2.58. The second kappa shape index (κ2) is 8.35. The summed E-state index contributed by atoms with van der Waals surface area (Å²) in [5, 5.41) is 8.90. The maximum absolute atomic E-state index is 13.3. The van der Waals surface area contributed by atoms with Gasteiger partial charge in [-0.15, -0.1) is 0 Å². The monoisotopic (exact) mass is 281 g/mol. The lowest BCUT2D eigenvalue weighted by Crippen LogP contribution is -2.32. The van der Waals surface area contributed by atoms with E-state index >= 15 is 0 Å². The molecule has 2 rings (SSSR count). The van der Waals surface area contributed by atoms with Crippen molar-refractivity contribution in [2.45, 2.75) is 38.3 Å². The first-order valence-corrected chi connectivity index (χ1v) is 7.47. The number of halogens is 1. The van der Waals surface area contributed by atoms with Crippen molar-refractivity contribution in [2.75, 3.05) is 26.3 Å². The molecule has 1 aliphatic heterocycles. The lowest BCUT2D eigenvalue weighted by Gasteiger charge is -2.25. The van der Waals surface area contributed by atoms with E-state index in [1.54, 1.807) is 12.1 Å². The molecule has 3 nitrogen and oxygen atoms in total. The molecule has 1 aromatic carbocycles. The molecule has 1 fully saturated rings. The summed E-state index contributed by atoms with van der Waals surface area (Å²) >= 11 is 0. The van der Waals surface area contributed by atoms with E-state index in [1.165, 1.54) is 6.07 Å². The van der Waals surface area contributed by atoms with Crippen molar-refractivity contribution >= 4 is 0 Å². The smallest absolute Gasteiger partial charge is 0.123 e. The molecule has 0 aromatic heterocycles. The van der Waals surface area contributed by atoms with Crippen LogP contribution in [0.25, 0.3) is 0 Å². The highest BCUT2D eigenvalue weighted by Gasteiger charge is 2.19. The highest BCUT2D eigenvalue weighted by molar-refractivity contribution is 5.16. The van der Waals surface area contributed by atoms with Gasteiger partial charge in [0.1, 0.15) is 5.82 Å². The van der Waals surface area contributed by atoms with Gasteiger partial charge in [-0.1, -0.05) is 12.1 Å². The summed E-state index contributed by atoms with van der Waals surface area (Å²) in [6.07, 6.45) is 4.32. The van der Waals surface area contributed by atoms with Crippen LogP contribution in [0, 0.1) is 5.82 Å². The number of hydrogen-bond acceptors (Lipinski definition) is 3. The molecule has 1 atom stereocenters. The summed E-state index contributed by atoms with van der Waals surface area (Å²) < 4.78 is 18.9. The summed E-state index contributed by atoms with van der Waals surface area (Å²) in [7, 11) is 0. The van der Waals surface area contributed by atoms with Crippen molar-refractivity contribution in [1.29, 1.82) is 0 Å². The third-order valence-corrected chi connectivity index (χ3v) is 3.66. The van der Waals surface area contributed by atoms with E-state index in [9.17, 15) is 4.39 Å². The molecule has 0 aliphatic carbocycles. The number of ether oxygens (including phenoxy) is 1. The fourth-order valence-corrected chi connectivity index (χ4v) is 2.65. The van der Waals surface area contributed by atoms with E-state index in [-0.39, 0.29) is 12.4 Å². The molecule has 1 unspecified atom stereocenters. The van der Waals surface area contributed by atoms with Gasteiger partial charge in [0.25, 0.3) is 0 Å². The SMILES string of the molecule is OCCCCN(Cc1cccc(F)c1)CC1CCCO1. The lowest BCUT2D eigenvalue weighted by atomic mass is 10.1. The van der Waals surface area contributed by atoms with Gasteiger partial charge in [0.15, 0.2) is 0 Å². The van der Waals surface area contributed by atoms with Crippen LogP contribution >= 0.6 is 0 Å². The molecule has 0 amide bonds. The van der Waals surface area contributed by atoms with Crippen LogP contribution in [0.5, 0.6) is 0 Å². The van der Waals surface area contributed by atoms with Crippen LogP contribution in [0.3, 0.4) is 0 Å². The highest BCUT2D eigenvalue weighted by atomic mass is 19.1. The first kappa shape index (κ1) is 15.4. The lowest BCUT2D eigenvalue weighted by molar-refractivity contribution is 0.0694. The fourth-order valence-electron chi connectivity index (χ4n) is 2.65. The number of rotatable bonds is 8. The Labute approximate surface area is 120 Å². The molecule has 0 radical (unpaired) electrons. The molecule has 0 saturated carbocycles. The Morgan fingerprint density at radius 2 is 2.25 bits per heavy atom. The summed E-state index contributed by atoms with van der Waals surface area (Å²) in [6.45, 7) is 3.63.